The molecule has 0 saturated carbocycles. The van der Waals surface area contributed by atoms with Crippen molar-refractivity contribution in [3.8, 4) is 0 Å². The van der Waals surface area contributed by atoms with Gasteiger partial charge in [-0.1, -0.05) is 85.2 Å². The van der Waals surface area contributed by atoms with Crippen LogP contribution in [0.15, 0.2) is 36.4 Å². The maximum Gasteiger partial charge on any atom is 0.132 e. The number of aryl methyl sites for hydroxylation is 1. The molecule has 39 heavy (non-hydrogen) atoms. The summed E-state index contributed by atoms with van der Waals surface area (Å²) in [5.74, 6) is 1.55. The Morgan fingerprint density at radius 3 is 2.03 bits per heavy atom. The summed E-state index contributed by atoms with van der Waals surface area (Å²) in [7, 11) is 2.09. The third kappa shape index (κ3) is 16.8. The van der Waals surface area contributed by atoms with Gasteiger partial charge in [-0.05, 0) is 25.3 Å². The lowest BCUT2D eigenvalue weighted by Gasteiger charge is -2.30. The van der Waals surface area contributed by atoms with Crippen LogP contribution in [0.1, 0.15) is 79.4 Å². The molecule has 0 radical (unpaired) electrons. The van der Waals surface area contributed by atoms with E-state index in [1.807, 2.05) is 78.8 Å². The summed E-state index contributed by atoms with van der Waals surface area (Å²) in [5.41, 5.74) is 9.43. The number of aromatic nitrogens is 1. The first-order chi connectivity index (χ1) is 19.0. The normalized spacial score (nSPS) is 12.1. The Labute approximate surface area is 241 Å². The van der Waals surface area contributed by atoms with Crippen LogP contribution >= 0.6 is 0 Å². The molecule has 1 aromatic carbocycles. The van der Waals surface area contributed by atoms with Crippen molar-refractivity contribution in [1.82, 2.24) is 9.88 Å². The predicted molar refractivity (Wildman–Crippen MR) is 175 cm³/mol. The number of likely N-dealkylation sites (N-methyl/N-ethyl adjacent to an activating group) is 1. The molecule has 0 aliphatic carbocycles. The van der Waals surface area contributed by atoms with Crippen molar-refractivity contribution in [3.05, 3.63) is 47.5 Å². The lowest BCUT2D eigenvalue weighted by molar-refractivity contribution is 0.0393. The van der Waals surface area contributed by atoms with E-state index in [-0.39, 0.29) is 0 Å². The number of nitrogens with two attached hydrogens (primary N) is 1. The van der Waals surface area contributed by atoms with E-state index in [1.165, 1.54) is 17.5 Å². The summed E-state index contributed by atoms with van der Waals surface area (Å²) < 4.78 is 5.41. The Hall–Kier alpha value is -2.64. The number of nitrogens with one attached hydrogen (secondary N) is 1. The monoisotopic (exact) mass is 544 g/mol. The first-order valence-corrected chi connectivity index (χ1v) is 15.1. The van der Waals surface area contributed by atoms with Crippen molar-refractivity contribution in [2.45, 2.75) is 75.2 Å². The molecule has 1 aromatic heterocycles. The lowest BCUT2D eigenvalue weighted by Crippen LogP contribution is -2.40. The van der Waals surface area contributed by atoms with Crippen LogP contribution in [0.4, 0.5) is 17.3 Å². The minimum Gasteiger partial charge on any atom is -0.384 e. The smallest absolute Gasteiger partial charge is 0.132 e. The van der Waals surface area contributed by atoms with Crippen LogP contribution in [0.25, 0.3) is 0 Å². The largest absolute Gasteiger partial charge is 0.384 e. The van der Waals surface area contributed by atoms with Crippen molar-refractivity contribution >= 4 is 23.5 Å². The van der Waals surface area contributed by atoms with Crippen molar-refractivity contribution in [2.75, 3.05) is 75.1 Å². The van der Waals surface area contributed by atoms with Crippen molar-refractivity contribution in [3.63, 3.8) is 0 Å². The van der Waals surface area contributed by atoms with Gasteiger partial charge in [0.25, 0.3) is 0 Å². The standard InChI is InChI=1S/C18H33N5O.C8H9N.3C2H6/c1-4-6-23(7-5-2)16-14-17(19)20-18(15-16)21(3)8-9-22-10-12-24-13-11-22;1-7-3-2-4-8(5-7)6-9;3*1-2/h14-15H,4-13H2,1-3H3,(H2,19,20);2-6,9H,1H3;3*1-2H3. The van der Waals surface area contributed by atoms with Crippen LogP contribution in [-0.4, -0.2) is 75.6 Å². The molecule has 0 unspecified atom stereocenters. The average Bonchev–Trinajstić information content (AvgIpc) is 2.99. The van der Waals surface area contributed by atoms with E-state index in [4.69, 9.17) is 15.9 Å². The van der Waals surface area contributed by atoms with Gasteiger partial charge in [-0.15, -0.1) is 0 Å². The molecule has 2 heterocycles. The molecule has 7 heteroatoms. The summed E-state index contributed by atoms with van der Waals surface area (Å²) in [6.07, 6.45) is 3.61. The van der Waals surface area contributed by atoms with Crippen LogP contribution in [0.3, 0.4) is 0 Å². The van der Waals surface area contributed by atoms with E-state index in [0.29, 0.717) is 5.82 Å². The van der Waals surface area contributed by atoms with Gasteiger partial charge in [0.05, 0.1) is 13.2 Å². The number of pyridine rings is 1. The van der Waals surface area contributed by atoms with Crippen molar-refractivity contribution in [2.24, 2.45) is 0 Å². The summed E-state index contributed by atoms with van der Waals surface area (Å²) in [5, 5.41) is 6.92. The van der Waals surface area contributed by atoms with Gasteiger partial charge in [0.1, 0.15) is 11.6 Å². The van der Waals surface area contributed by atoms with Gasteiger partial charge in [-0.25, -0.2) is 4.98 Å². The van der Waals surface area contributed by atoms with Gasteiger partial charge >= 0.3 is 0 Å². The van der Waals surface area contributed by atoms with Gasteiger partial charge in [-0.3, -0.25) is 4.90 Å². The minimum absolute atomic E-state index is 0.595. The third-order valence-corrected chi connectivity index (χ3v) is 5.62. The molecule has 1 fully saturated rings. The molecule has 1 aliphatic heterocycles. The number of nitrogens with zero attached hydrogens (tertiary/aromatic N) is 4. The molecule has 3 rings (SSSR count). The molecule has 0 atom stereocenters. The molecule has 0 amide bonds. The highest BCUT2D eigenvalue weighted by atomic mass is 16.5. The first-order valence-electron chi connectivity index (χ1n) is 15.1. The number of rotatable bonds is 10. The third-order valence-electron chi connectivity index (χ3n) is 5.62. The fraction of sp³-hybridized carbons (Fsp3) is 0.625. The molecule has 1 saturated heterocycles. The van der Waals surface area contributed by atoms with Crippen LogP contribution in [0, 0.1) is 12.3 Å². The van der Waals surface area contributed by atoms with Crippen LogP contribution in [0.5, 0.6) is 0 Å². The molecule has 1 aliphatic rings. The predicted octanol–water partition coefficient (Wildman–Crippen LogP) is 7.13. The molecule has 224 valence electrons. The number of ether oxygens (including phenoxy) is 1. The minimum atomic E-state index is 0.595. The van der Waals surface area contributed by atoms with E-state index in [9.17, 15) is 0 Å². The van der Waals surface area contributed by atoms with Crippen LogP contribution < -0.4 is 15.5 Å². The van der Waals surface area contributed by atoms with E-state index < -0.39 is 0 Å². The summed E-state index contributed by atoms with van der Waals surface area (Å²) in [6.45, 7) is 26.2. The fourth-order valence-electron chi connectivity index (χ4n) is 3.80. The van der Waals surface area contributed by atoms with Crippen molar-refractivity contribution < 1.29 is 4.74 Å². The average molecular weight is 545 g/mol. The maximum absolute atomic E-state index is 6.92. The van der Waals surface area contributed by atoms with Crippen molar-refractivity contribution in [1.29, 1.82) is 5.41 Å². The van der Waals surface area contributed by atoms with E-state index in [0.717, 1.165) is 76.7 Å². The van der Waals surface area contributed by atoms with Gasteiger partial charge in [-0.2, -0.15) is 0 Å². The van der Waals surface area contributed by atoms with E-state index in [1.54, 1.807) is 0 Å². The summed E-state index contributed by atoms with van der Waals surface area (Å²) in [6, 6.07) is 12.0. The highest BCUT2D eigenvalue weighted by Gasteiger charge is 2.13. The van der Waals surface area contributed by atoms with Crippen LogP contribution in [-0.2, 0) is 4.74 Å². The van der Waals surface area contributed by atoms with Gasteiger partial charge in [0.2, 0.25) is 0 Å². The molecule has 3 N–H and O–H groups in total. The van der Waals surface area contributed by atoms with E-state index in [2.05, 4.69) is 46.6 Å². The van der Waals surface area contributed by atoms with Gasteiger partial charge < -0.3 is 25.7 Å². The highest BCUT2D eigenvalue weighted by Crippen LogP contribution is 2.23. The maximum atomic E-state index is 6.92. The summed E-state index contributed by atoms with van der Waals surface area (Å²) >= 11 is 0. The second kappa shape index (κ2) is 25.6. The number of nitrogen functional groups attached to an aromatic ring is 1. The van der Waals surface area contributed by atoms with Gasteiger partial charge in [0, 0.05) is 70.4 Å². The molecular formula is C32H60N6O. The fourth-order valence-corrected chi connectivity index (χ4v) is 3.80. The van der Waals surface area contributed by atoms with E-state index >= 15 is 0 Å². The van der Waals surface area contributed by atoms with Crippen LogP contribution in [0.2, 0.25) is 0 Å². The Morgan fingerprint density at radius 1 is 0.949 bits per heavy atom. The molecular weight excluding hydrogens is 484 g/mol. The molecule has 2 aromatic rings. The molecule has 7 nitrogen and oxygen atoms in total. The zero-order chi connectivity index (χ0) is 30.1. The number of hydrogen-bond acceptors (Lipinski definition) is 7. The Morgan fingerprint density at radius 2 is 1.54 bits per heavy atom. The quantitative estimate of drug-likeness (QED) is 0.310. The topological polar surface area (TPSA) is 81.7 Å². The first kappa shape index (κ1) is 38.5. The number of hydrogen-bond donors (Lipinski definition) is 2. The highest BCUT2D eigenvalue weighted by molar-refractivity contribution is 5.76. The Balaban J connectivity index is 0. The Bertz CT molecular complexity index is 833. The number of morpholine rings is 1. The number of benzene rings is 1. The van der Waals surface area contributed by atoms with Gasteiger partial charge in [0.15, 0.2) is 0 Å². The SMILES string of the molecule is CC.CC.CC.CCCN(CCC)c1cc(N)nc(N(C)CCN2CCOCC2)c1.Cc1cccc(C=N)c1. The second-order valence-corrected chi connectivity index (χ2v) is 8.53. The second-order valence-electron chi connectivity index (χ2n) is 8.53. The zero-order valence-corrected chi connectivity index (χ0v) is 26.9. The number of anilines is 3. The summed E-state index contributed by atoms with van der Waals surface area (Å²) in [4.78, 5) is 11.6. The Kier molecular flexibility index (Phi) is 25.3. The lowest BCUT2D eigenvalue weighted by atomic mass is 10.2. The molecule has 0 spiro atoms. The zero-order valence-electron chi connectivity index (χ0n) is 26.9. The molecule has 0 bridgehead atoms.